The molecule has 0 bridgehead atoms. The Bertz CT molecular complexity index is 862. The summed E-state index contributed by atoms with van der Waals surface area (Å²) in [5.74, 6) is -1.78. The summed E-state index contributed by atoms with van der Waals surface area (Å²) in [6.07, 6.45) is 30.0. The van der Waals surface area contributed by atoms with Gasteiger partial charge in [-0.15, -0.1) is 0 Å². The second kappa shape index (κ2) is 37.2. The maximum Gasteiger partial charge on any atom is 0.309 e. The van der Waals surface area contributed by atoms with Gasteiger partial charge in [-0.2, -0.15) is 0 Å². The second-order valence-corrected chi connectivity index (χ2v) is 14.8. The van der Waals surface area contributed by atoms with Crippen LogP contribution in [0.3, 0.4) is 0 Å². The summed E-state index contributed by atoms with van der Waals surface area (Å²) in [5, 5.41) is 0. The van der Waals surface area contributed by atoms with Crippen LogP contribution in [0.25, 0.3) is 0 Å². The highest BCUT2D eigenvalue weighted by Crippen LogP contribution is 2.19. The zero-order valence-corrected chi connectivity index (χ0v) is 34.3. The Hall–Kier alpha value is -2.16. The summed E-state index contributed by atoms with van der Waals surface area (Å²) in [7, 11) is 0. The van der Waals surface area contributed by atoms with Crippen molar-refractivity contribution in [2.24, 2.45) is 0 Å². The van der Waals surface area contributed by atoms with Crippen LogP contribution >= 0.6 is 0 Å². The van der Waals surface area contributed by atoms with Gasteiger partial charge >= 0.3 is 23.9 Å². The van der Waals surface area contributed by atoms with Crippen molar-refractivity contribution in [3.8, 4) is 0 Å². The fraction of sp³-hybridized carbons (Fsp3) is 0.907. The number of rotatable bonds is 38. The van der Waals surface area contributed by atoms with Crippen LogP contribution < -0.4 is 0 Å². The Morgan fingerprint density at radius 1 is 0.404 bits per heavy atom. The van der Waals surface area contributed by atoms with Gasteiger partial charge < -0.3 is 23.7 Å². The van der Waals surface area contributed by atoms with Gasteiger partial charge in [0, 0.05) is 27.4 Å². The van der Waals surface area contributed by atoms with Crippen molar-refractivity contribution in [3.63, 3.8) is 0 Å². The van der Waals surface area contributed by atoms with Crippen LogP contribution in [0.4, 0.5) is 0 Å². The van der Waals surface area contributed by atoms with E-state index < -0.39 is 30.1 Å². The van der Waals surface area contributed by atoms with E-state index in [1.165, 1.54) is 143 Å². The molecular weight excluding hydrogens is 660 g/mol. The van der Waals surface area contributed by atoms with Gasteiger partial charge in [-0.25, -0.2) is 0 Å². The molecule has 0 saturated heterocycles. The second-order valence-electron chi connectivity index (χ2n) is 14.8. The summed E-state index contributed by atoms with van der Waals surface area (Å²) < 4.78 is 27.6. The van der Waals surface area contributed by atoms with Crippen molar-refractivity contribution in [1.82, 2.24) is 0 Å². The number of carbonyl (C=O) groups excluding carboxylic acids is 4. The smallest absolute Gasteiger partial charge is 0.309 e. The number of esters is 4. The van der Waals surface area contributed by atoms with Crippen molar-refractivity contribution in [2.75, 3.05) is 19.8 Å². The molecule has 0 aliphatic rings. The molecule has 0 rings (SSSR count). The van der Waals surface area contributed by atoms with Crippen molar-refractivity contribution in [1.29, 1.82) is 0 Å². The molecule has 0 saturated carbocycles. The lowest BCUT2D eigenvalue weighted by molar-refractivity contribution is -0.160. The molecule has 0 fully saturated rings. The molecule has 0 N–H and O–H groups in total. The first kappa shape index (κ1) is 49.8. The third-order valence-corrected chi connectivity index (χ3v) is 9.50. The van der Waals surface area contributed by atoms with Gasteiger partial charge in [0.05, 0.1) is 6.42 Å². The van der Waals surface area contributed by atoms with Gasteiger partial charge in [-0.3, -0.25) is 19.2 Å². The van der Waals surface area contributed by atoms with E-state index in [9.17, 15) is 19.2 Å². The highest BCUT2D eigenvalue weighted by molar-refractivity contribution is 5.71. The minimum absolute atomic E-state index is 0.00255. The SMILES string of the molecule is CCCCCCCCCCCCCCO[C@@H](COC(C)=O)COC(=O)C[C@@H](CC[C@@H](CCCCCCCCCCCCCC)OC(C)=O)OC(C)=O. The van der Waals surface area contributed by atoms with E-state index in [1.54, 1.807) is 0 Å². The Labute approximate surface area is 318 Å². The predicted molar refractivity (Wildman–Crippen MR) is 209 cm³/mol. The summed E-state index contributed by atoms with van der Waals surface area (Å²) in [6.45, 7) is 8.97. The zero-order valence-electron chi connectivity index (χ0n) is 34.3. The first-order valence-electron chi connectivity index (χ1n) is 21.4. The highest BCUT2D eigenvalue weighted by Gasteiger charge is 2.23. The summed E-state index contributed by atoms with van der Waals surface area (Å²) in [6, 6.07) is 0. The zero-order chi connectivity index (χ0) is 38.5. The van der Waals surface area contributed by atoms with Crippen molar-refractivity contribution in [2.45, 2.75) is 233 Å². The molecule has 52 heavy (non-hydrogen) atoms. The maximum atomic E-state index is 12.8. The van der Waals surface area contributed by atoms with Crippen LogP contribution in [0.5, 0.6) is 0 Å². The van der Waals surface area contributed by atoms with E-state index in [0.29, 0.717) is 19.4 Å². The fourth-order valence-corrected chi connectivity index (χ4v) is 6.50. The molecule has 3 atom stereocenters. The van der Waals surface area contributed by atoms with Crippen molar-refractivity contribution >= 4 is 23.9 Å². The Morgan fingerprint density at radius 2 is 0.788 bits per heavy atom. The number of hydrogen-bond donors (Lipinski definition) is 0. The van der Waals surface area contributed by atoms with Crippen LogP contribution in [0.1, 0.15) is 214 Å². The van der Waals surface area contributed by atoms with Gasteiger partial charge in [0.15, 0.2) is 0 Å². The molecule has 0 aliphatic carbocycles. The first-order chi connectivity index (χ1) is 25.2. The van der Waals surface area contributed by atoms with Crippen molar-refractivity contribution in [3.05, 3.63) is 0 Å². The summed E-state index contributed by atoms with van der Waals surface area (Å²) in [5.41, 5.74) is 0. The molecule has 9 heteroatoms. The molecular formula is C43H80O9. The van der Waals surface area contributed by atoms with Gasteiger partial charge in [-0.1, -0.05) is 155 Å². The average molecular weight is 741 g/mol. The van der Waals surface area contributed by atoms with E-state index in [-0.39, 0.29) is 31.7 Å². The lowest BCUT2D eigenvalue weighted by Gasteiger charge is -2.22. The Kier molecular flexibility index (Phi) is 35.6. The molecule has 0 radical (unpaired) electrons. The molecule has 0 spiro atoms. The molecule has 0 heterocycles. The number of hydrogen-bond acceptors (Lipinski definition) is 9. The number of unbranched alkanes of at least 4 members (excludes halogenated alkanes) is 22. The topological polar surface area (TPSA) is 114 Å². The first-order valence-corrected chi connectivity index (χ1v) is 21.4. The molecule has 0 aromatic heterocycles. The minimum Gasteiger partial charge on any atom is -0.463 e. The molecule has 0 aromatic carbocycles. The third kappa shape index (κ3) is 36.2. The van der Waals surface area contributed by atoms with Crippen LogP contribution in [0, 0.1) is 0 Å². The van der Waals surface area contributed by atoms with Crippen LogP contribution in [0.15, 0.2) is 0 Å². The van der Waals surface area contributed by atoms with Gasteiger partial charge in [0.2, 0.25) is 0 Å². The van der Waals surface area contributed by atoms with E-state index in [2.05, 4.69) is 13.8 Å². The number of carbonyl (C=O) groups is 4. The standard InChI is InChI=1S/C43H80O9/c1-6-8-10-12-14-16-18-20-22-24-26-28-30-40(51-38(4)45)31-32-41(52-39(5)46)34-43(47)50-36-42(35-49-37(3)44)48-33-29-27-25-23-21-19-17-15-13-11-9-7-2/h40-42H,6-36H2,1-5H3/t40-,41-,42+/m1/s1. The normalized spacial score (nSPS) is 12.9. The molecule has 0 amide bonds. The van der Waals surface area contributed by atoms with Crippen molar-refractivity contribution < 1.29 is 42.9 Å². The van der Waals surface area contributed by atoms with Crippen LogP contribution in [0.2, 0.25) is 0 Å². The molecule has 0 aliphatic heterocycles. The minimum atomic E-state index is -0.695. The molecule has 9 nitrogen and oxygen atoms in total. The average Bonchev–Trinajstić information content (AvgIpc) is 3.09. The lowest BCUT2D eigenvalue weighted by Crippen LogP contribution is -2.30. The van der Waals surface area contributed by atoms with Crippen LogP contribution in [-0.2, 0) is 42.9 Å². The maximum absolute atomic E-state index is 12.8. The quantitative estimate of drug-likeness (QED) is 0.0346. The Balaban J connectivity index is 4.51. The monoisotopic (exact) mass is 741 g/mol. The van der Waals surface area contributed by atoms with Gasteiger partial charge in [0.25, 0.3) is 0 Å². The van der Waals surface area contributed by atoms with Gasteiger partial charge in [-0.05, 0) is 32.1 Å². The number of ether oxygens (including phenoxy) is 5. The van der Waals surface area contributed by atoms with Crippen LogP contribution in [-0.4, -0.2) is 62.0 Å². The predicted octanol–water partition coefficient (Wildman–Crippen LogP) is 11.3. The highest BCUT2D eigenvalue weighted by atomic mass is 16.6. The largest absolute Gasteiger partial charge is 0.463 e. The summed E-state index contributed by atoms with van der Waals surface area (Å²) >= 11 is 0. The fourth-order valence-electron chi connectivity index (χ4n) is 6.50. The molecule has 0 unspecified atom stereocenters. The third-order valence-electron chi connectivity index (χ3n) is 9.50. The van der Waals surface area contributed by atoms with E-state index >= 15 is 0 Å². The van der Waals surface area contributed by atoms with Gasteiger partial charge in [0.1, 0.15) is 31.5 Å². The van der Waals surface area contributed by atoms with E-state index in [0.717, 1.165) is 38.5 Å². The van der Waals surface area contributed by atoms with E-state index in [1.807, 2.05) is 0 Å². The Morgan fingerprint density at radius 3 is 1.23 bits per heavy atom. The summed E-state index contributed by atoms with van der Waals surface area (Å²) in [4.78, 5) is 47.9. The lowest BCUT2D eigenvalue weighted by atomic mass is 10.0. The molecule has 306 valence electrons. The molecule has 0 aromatic rings. The van der Waals surface area contributed by atoms with E-state index in [4.69, 9.17) is 23.7 Å².